The van der Waals surface area contributed by atoms with E-state index < -0.39 is 0 Å². The Morgan fingerprint density at radius 1 is 1.13 bits per heavy atom. The first-order valence-electron chi connectivity index (χ1n) is 8.25. The second-order valence-corrected chi connectivity index (χ2v) is 6.49. The number of guanidine groups is 1. The molecule has 0 radical (unpaired) electrons. The highest BCUT2D eigenvalue weighted by molar-refractivity contribution is 5.79. The van der Waals surface area contributed by atoms with Crippen LogP contribution in [0.5, 0.6) is 11.5 Å². The van der Waals surface area contributed by atoms with Crippen LogP contribution in [0.1, 0.15) is 38.2 Å². The molecule has 0 heterocycles. The molecule has 0 bridgehead atoms. The average molecular weight is 319 g/mol. The van der Waals surface area contributed by atoms with Crippen molar-refractivity contribution in [3.8, 4) is 11.5 Å². The fourth-order valence-corrected chi connectivity index (χ4v) is 3.10. The van der Waals surface area contributed by atoms with E-state index in [1.54, 1.807) is 21.3 Å². The summed E-state index contributed by atoms with van der Waals surface area (Å²) in [7, 11) is 5.10. The third-order valence-corrected chi connectivity index (χ3v) is 4.62. The summed E-state index contributed by atoms with van der Waals surface area (Å²) in [5.41, 5.74) is 1.53. The zero-order chi connectivity index (χ0) is 16.7. The molecule has 0 aromatic heterocycles. The topological polar surface area (TPSA) is 54.9 Å². The molecule has 0 aliphatic heterocycles. The van der Waals surface area contributed by atoms with Crippen LogP contribution in [0.25, 0.3) is 0 Å². The van der Waals surface area contributed by atoms with E-state index in [1.165, 1.54) is 25.7 Å². The summed E-state index contributed by atoms with van der Waals surface area (Å²) in [6, 6.07) is 5.93. The Morgan fingerprint density at radius 3 is 2.43 bits per heavy atom. The van der Waals surface area contributed by atoms with E-state index in [9.17, 15) is 0 Å². The van der Waals surface area contributed by atoms with Crippen molar-refractivity contribution < 1.29 is 9.47 Å². The van der Waals surface area contributed by atoms with Gasteiger partial charge in [0.05, 0.1) is 14.2 Å². The monoisotopic (exact) mass is 319 g/mol. The summed E-state index contributed by atoms with van der Waals surface area (Å²) in [6.45, 7) is 4.02. The zero-order valence-corrected chi connectivity index (χ0v) is 14.7. The molecule has 1 aromatic carbocycles. The lowest BCUT2D eigenvalue weighted by atomic mass is 9.89. The molecule has 1 aliphatic carbocycles. The first-order valence-corrected chi connectivity index (χ1v) is 8.25. The fourth-order valence-electron chi connectivity index (χ4n) is 3.10. The third kappa shape index (κ3) is 4.78. The molecule has 0 unspecified atom stereocenters. The Balaban J connectivity index is 1.88. The highest BCUT2D eigenvalue weighted by Gasteiger charge is 2.28. The van der Waals surface area contributed by atoms with Crippen LogP contribution < -0.4 is 20.1 Å². The minimum Gasteiger partial charge on any atom is -0.493 e. The SMILES string of the molecule is CN=C(NCc1ccc(OC)c(OC)c1)NCC1(C)CCCC1. The summed E-state index contributed by atoms with van der Waals surface area (Å²) in [5, 5.41) is 6.81. The van der Waals surface area contributed by atoms with Crippen molar-refractivity contribution in [1.29, 1.82) is 0 Å². The summed E-state index contributed by atoms with van der Waals surface area (Å²) in [6.07, 6.45) is 5.28. The Hall–Kier alpha value is -1.91. The number of benzene rings is 1. The Morgan fingerprint density at radius 2 is 1.83 bits per heavy atom. The van der Waals surface area contributed by atoms with Gasteiger partial charge in [-0.05, 0) is 36.0 Å². The Labute approximate surface area is 139 Å². The number of ether oxygens (including phenoxy) is 2. The van der Waals surface area contributed by atoms with Gasteiger partial charge in [0.15, 0.2) is 17.5 Å². The molecule has 23 heavy (non-hydrogen) atoms. The van der Waals surface area contributed by atoms with Crippen LogP contribution in [0.15, 0.2) is 23.2 Å². The molecule has 128 valence electrons. The second-order valence-electron chi connectivity index (χ2n) is 6.49. The van der Waals surface area contributed by atoms with Gasteiger partial charge in [0.25, 0.3) is 0 Å². The lowest BCUT2D eigenvalue weighted by Gasteiger charge is -2.25. The molecule has 1 aliphatic rings. The van der Waals surface area contributed by atoms with Crippen LogP contribution in [0.2, 0.25) is 0 Å². The number of nitrogens with one attached hydrogen (secondary N) is 2. The van der Waals surface area contributed by atoms with Gasteiger partial charge in [0, 0.05) is 20.1 Å². The minimum absolute atomic E-state index is 0.404. The maximum absolute atomic E-state index is 5.34. The Kier molecular flexibility index (Phi) is 6.13. The van der Waals surface area contributed by atoms with Gasteiger partial charge in [-0.2, -0.15) is 0 Å². The van der Waals surface area contributed by atoms with Gasteiger partial charge in [-0.1, -0.05) is 25.8 Å². The largest absolute Gasteiger partial charge is 0.493 e. The summed E-state index contributed by atoms with van der Waals surface area (Å²) < 4.78 is 10.6. The van der Waals surface area contributed by atoms with E-state index in [0.29, 0.717) is 12.0 Å². The molecule has 0 atom stereocenters. The lowest BCUT2D eigenvalue weighted by molar-refractivity contribution is 0.334. The van der Waals surface area contributed by atoms with Crippen molar-refractivity contribution in [3.63, 3.8) is 0 Å². The summed E-state index contributed by atoms with van der Waals surface area (Å²) in [4.78, 5) is 4.31. The van der Waals surface area contributed by atoms with Crippen LogP contribution in [-0.2, 0) is 6.54 Å². The highest BCUT2D eigenvalue weighted by atomic mass is 16.5. The normalized spacial score (nSPS) is 17.0. The number of hydrogen-bond acceptors (Lipinski definition) is 3. The molecule has 2 N–H and O–H groups in total. The summed E-state index contributed by atoms with van der Waals surface area (Å²) in [5.74, 6) is 2.33. The molecule has 0 amide bonds. The van der Waals surface area contributed by atoms with Gasteiger partial charge in [-0.3, -0.25) is 4.99 Å². The lowest BCUT2D eigenvalue weighted by Crippen LogP contribution is -2.41. The van der Waals surface area contributed by atoms with Gasteiger partial charge in [0.2, 0.25) is 0 Å². The molecule has 5 heteroatoms. The zero-order valence-electron chi connectivity index (χ0n) is 14.7. The third-order valence-electron chi connectivity index (χ3n) is 4.62. The maximum Gasteiger partial charge on any atom is 0.191 e. The maximum atomic E-state index is 5.34. The van der Waals surface area contributed by atoms with Crippen molar-refractivity contribution in [1.82, 2.24) is 10.6 Å². The first kappa shape index (κ1) is 17.4. The van der Waals surface area contributed by atoms with Crippen LogP contribution in [0.4, 0.5) is 0 Å². The van der Waals surface area contributed by atoms with Crippen molar-refractivity contribution in [3.05, 3.63) is 23.8 Å². The molecular formula is C18H29N3O2. The van der Waals surface area contributed by atoms with E-state index in [-0.39, 0.29) is 0 Å². The number of nitrogens with zero attached hydrogens (tertiary/aromatic N) is 1. The Bertz CT molecular complexity index is 537. The second kappa shape index (κ2) is 8.09. The van der Waals surface area contributed by atoms with Crippen molar-refractivity contribution in [2.75, 3.05) is 27.8 Å². The van der Waals surface area contributed by atoms with Gasteiger partial charge < -0.3 is 20.1 Å². The molecule has 2 rings (SSSR count). The summed E-state index contributed by atoms with van der Waals surface area (Å²) >= 11 is 0. The average Bonchev–Trinajstić information content (AvgIpc) is 3.01. The van der Waals surface area contributed by atoms with Crippen LogP contribution in [0.3, 0.4) is 0 Å². The van der Waals surface area contributed by atoms with Gasteiger partial charge in [0.1, 0.15) is 0 Å². The smallest absolute Gasteiger partial charge is 0.191 e. The predicted molar refractivity (Wildman–Crippen MR) is 94.3 cm³/mol. The van der Waals surface area contributed by atoms with Gasteiger partial charge in [-0.25, -0.2) is 0 Å². The van der Waals surface area contributed by atoms with E-state index in [1.807, 2.05) is 18.2 Å². The van der Waals surface area contributed by atoms with E-state index in [4.69, 9.17) is 9.47 Å². The van der Waals surface area contributed by atoms with E-state index >= 15 is 0 Å². The standard InChI is InChI=1S/C18H29N3O2/c1-18(9-5-6-10-18)13-21-17(19-2)20-12-14-7-8-15(22-3)16(11-14)23-4/h7-8,11H,5-6,9-10,12-13H2,1-4H3,(H2,19,20,21). The van der Waals surface area contributed by atoms with Crippen molar-refractivity contribution in [2.24, 2.45) is 10.4 Å². The van der Waals surface area contributed by atoms with Crippen LogP contribution >= 0.6 is 0 Å². The number of hydrogen-bond donors (Lipinski definition) is 2. The quantitative estimate of drug-likeness (QED) is 0.625. The number of aliphatic imine (C=N–C) groups is 1. The van der Waals surface area contributed by atoms with Crippen LogP contribution in [-0.4, -0.2) is 33.8 Å². The van der Waals surface area contributed by atoms with Crippen molar-refractivity contribution >= 4 is 5.96 Å². The fraction of sp³-hybridized carbons (Fsp3) is 0.611. The molecule has 1 fully saturated rings. The predicted octanol–water partition coefficient (Wildman–Crippen LogP) is 2.95. The molecule has 1 aromatic rings. The number of methoxy groups -OCH3 is 2. The van der Waals surface area contributed by atoms with Crippen molar-refractivity contribution in [2.45, 2.75) is 39.2 Å². The van der Waals surface area contributed by atoms with Gasteiger partial charge in [-0.15, -0.1) is 0 Å². The molecule has 1 saturated carbocycles. The van der Waals surface area contributed by atoms with Crippen LogP contribution in [0, 0.1) is 5.41 Å². The highest BCUT2D eigenvalue weighted by Crippen LogP contribution is 2.36. The molecule has 5 nitrogen and oxygen atoms in total. The first-order chi connectivity index (χ1) is 11.1. The number of rotatable bonds is 6. The van der Waals surface area contributed by atoms with E-state index in [0.717, 1.165) is 29.6 Å². The molecule has 0 saturated heterocycles. The molecular weight excluding hydrogens is 290 g/mol. The minimum atomic E-state index is 0.404. The molecule has 0 spiro atoms. The van der Waals surface area contributed by atoms with Gasteiger partial charge >= 0.3 is 0 Å². The van der Waals surface area contributed by atoms with E-state index in [2.05, 4.69) is 22.5 Å².